The van der Waals surface area contributed by atoms with Crippen molar-refractivity contribution < 1.29 is 9.59 Å². The normalized spacial score (nSPS) is 16.9. The van der Waals surface area contributed by atoms with E-state index in [2.05, 4.69) is 16.0 Å². The highest BCUT2D eigenvalue weighted by atomic mass is 35.5. The molecule has 0 saturated carbocycles. The average Bonchev–Trinajstić information content (AvgIpc) is 2.66. The number of anilines is 1. The van der Waals surface area contributed by atoms with E-state index < -0.39 is 0 Å². The number of hydrogen-bond acceptors (Lipinski definition) is 3. The zero-order valence-electron chi connectivity index (χ0n) is 15.2. The number of urea groups is 1. The maximum Gasteiger partial charge on any atom is 0.319 e. The molecule has 0 unspecified atom stereocenters. The number of piperazine rings is 1. The molecule has 2 aromatic carbocycles. The molecule has 2 aromatic rings. The summed E-state index contributed by atoms with van der Waals surface area (Å²) in [6, 6.07) is 14.8. The van der Waals surface area contributed by atoms with Crippen LogP contribution < -0.4 is 16.0 Å². The van der Waals surface area contributed by atoms with Crippen molar-refractivity contribution >= 4 is 29.2 Å². The van der Waals surface area contributed by atoms with Gasteiger partial charge in [-0.3, -0.25) is 4.79 Å². The third kappa shape index (κ3) is 5.45. The van der Waals surface area contributed by atoms with Crippen molar-refractivity contribution in [2.45, 2.75) is 26.1 Å². The Morgan fingerprint density at radius 1 is 1.15 bits per heavy atom. The van der Waals surface area contributed by atoms with E-state index in [1.165, 1.54) is 0 Å². The van der Waals surface area contributed by atoms with Crippen LogP contribution in [0.15, 0.2) is 48.5 Å². The zero-order chi connectivity index (χ0) is 19.2. The first kappa shape index (κ1) is 19.2. The van der Waals surface area contributed by atoms with Crippen LogP contribution in [-0.2, 0) is 17.9 Å². The van der Waals surface area contributed by atoms with E-state index in [0.29, 0.717) is 30.3 Å². The Balaban J connectivity index is 1.50. The molecule has 1 saturated heterocycles. The summed E-state index contributed by atoms with van der Waals surface area (Å²) >= 11 is 5.85. The summed E-state index contributed by atoms with van der Waals surface area (Å²) in [5, 5.41) is 9.38. The molecule has 1 fully saturated rings. The molecule has 1 atom stereocenters. The molecular formula is C20H23ClN4O2. The van der Waals surface area contributed by atoms with Crippen LogP contribution in [0.3, 0.4) is 0 Å². The summed E-state index contributed by atoms with van der Waals surface area (Å²) in [5.74, 6) is 0.109. The first-order valence-corrected chi connectivity index (χ1v) is 9.27. The van der Waals surface area contributed by atoms with E-state index >= 15 is 0 Å². The lowest BCUT2D eigenvalue weighted by atomic mass is 10.1. The minimum Gasteiger partial charge on any atom is -0.334 e. The van der Waals surface area contributed by atoms with Crippen molar-refractivity contribution in [1.82, 2.24) is 15.5 Å². The van der Waals surface area contributed by atoms with Crippen LogP contribution in [0.5, 0.6) is 0 Å². The number of carbonyl (C=O) groups excluding carboxylic acids is 2. The van der Waals surface area contributed by atoms with Gasteiger partial charge in [0, 0.05) is 36.4 Å². The van der Waals surface area contributed by atoms with Gasteiger partial charge in [-0.25, -0.2) is 4.79 Å². The smallest absolute Gasteiger partial charge is 0.319 e. The molecule has 27 heavy (non-hydrogen) atoms. The van der Waals surface area contributed by atoms with Gasteiger partial charge < -0.3 is 20.9 Å². The van der Waals surface area contributed by atoms with E-state index in [4.69, 9.17) is 11.6 Å². The van der Waals surface area contributed by atoms with Crippen LogP contribution in [0.4, 0.5) is 10.5 Å². The predicted molar refractivity (Wildman–Crippen MR) is 107 cm³/mol. The SMILES string of the molecule is C[C@H]1CNCC(=O)N1Cc1ccc(NC(=O)NCc2ccc(Cl)cc2)cc1. The zero-order valence-corrected chi connectivity index (χ0v) is 15.9. The average molecular weight is 387 g/mol. The molecule has 1 aliphatic heterocycles. The number of nitrogens with zero attached hydrogens (tertiary/aromatic N) is 1. The number of benzene rings is 2. The number of carbonyl (C=O) groups is 2. The fraction of sp³-hybridized carbons (Fsp3) is 0.300. The lowest BCUT2D eigenvalue weighted by Gasteiger charge is -2.34. The van der Waals surface area contributed by atoms with Gasteiger partial charge in [-0.2, -0.15) is 0 Å². The van der Waals surface area contributed by atoms with Gasteiger partial charge in [0.15, 0.2) is 0 Å². The summed E-state index contributed by atoms with van der Waals surface area (Å²) in [6.45, 7) is 4.22. The highest BCUT2D eigenvalue weighted by Gasteiger charge is 2.24. The summed E-state index contributed by atoms with van der Waals surface area (Å²) in [5.41, 5.74) is 2.70. The van der Waals surface area contributed by atoms with E-state index in [0.717, 1.165) is 17.7 Å². The first-order chi connectivity index (χ1) is 13.0. The molecule has 1 heterocycles. The molecule has 0 aromatic heterocycles. The minimum atomic E-state index is -0.274. The van der Waals surface area contributed by atoms with Crippen molar-refractivity contribution in [3.05, 3.63) is 64.7 Å². The third-order valence-electron chi connectivity index (χ3n) is 4.50. The second-order valence-electron chi connectivity index (χ2n) is 6.63. The third-order valence-corrected chi connectivity index (χ3v) is 4.75. The highest BCUT2D eigenvalue weighted by molar-refractivity contribution is 6.30. The highest BCUT2D eigenvalue weighted by Crippen LogP contribution is 2.15. The Morgan fingerprint density at radius 2 is 1.81 bits per heavy atom. The fourth-order valence-electron chi connectivity index (χ4n) is 2.94. The molecule has 0 spiro atoms. The van der Waals surface area contributed by atoms with Crippen LogP contribution in [0, 0.1) is 0 Å². The molecular weight excluding hydrogens is 364 g/mol. The van der Waals surface area contributed by atoms with Gasteiger partial charge in [-0.15, -0.1) is 0 Å². The van der Waals surface area contributed by atoms with E-state index in [-0.39, 0.29) is 18.0 Å². The van der Waals surface area contributed by atoms with Gasteiger partial charge in [-0.1, -0.05) is 35.9 Å². The van der Waals surface area contributed by atoms with Gasteiger partial charge in [0.1, 0.15) is 0 Å². The number of nitrogens with one attached hydrogen (secondary N) is 3. The van der Waals surface area contributed by atoms with Crippen molar-refractivity contribution in [3.8, 4) is 0 Å². The number of hydrogen-bond donors (Lipinski definition) is 3. The monoisotopic (exact) mass is 386 g/mol. The minimum absolute atomic E-state index is 0.109. The number of rotatable bonds is 5. The van der Waals surface area contributed by atoms with Crippen molar-refractivity contribution in [2.75, 3.05) is 18.4 Å². The molecule has 0 aliphatic carbocycles. The summed E-state index contributed by atoms with van der Waals surface area (Å²) < 4.78 is 0. The number of amides is 3. The van der Waals surface area contributed by atoms with Crippen LogP contribution in [-0.4, -0.2) is 36.0 Å². The molecule has 142 valence electrons. The lowest BCUT2D eigenvalue weighted by Crippen LogP contribution is -2.52. The molecule has 0 radical (unpaired) electrons. The van der Waals surface area contributed by atoms with Crippen LogP contribution in [0.25, 0.3) is 0 Å². The molecule has 6 nitrogen and oxygen atoms in total. The quantitative estimate of drug-likeness (QED) is 0.739. The van der Waals surface area contributed by atoms with E-state index in [9.17, 15) is 9.59 Å². The standard InChI is InChI=1S/C20H23ClN4O2/c1-14-10-22-12-19(26)25(14)13-16-4-8-18(9-5-16)24-20(27)23-11-15-2-6-17(21)7-3-15/h2-9,14,22H,10-13H2,1H3,(H2,23,24,27)/t14-/m0/s1. The predicted octanol–water partition coefficient (Wildman–Crippen LogP) is 2.98. The van der Waals surface area contributed by atoms with Gasteiger partial charge >= 0.3 is 6.03 Å². The first-order valence-electron chi connectivity index (χ1n) is 8.89. The molecule has 0 bridgehead atoms. The Bertz CT molecular complexity index is 793. The number of halogens is 1. The van der Waals surface area contributed by atoms with Crippen molar-refractivity contribution in [2.24, 2.45) is 0 Å². The van der Waals surface area contributed by atoms with Crippen LogP contribution in [0.1, 0.15) is 18.1 Å². The van der Waals surface area contributed by atoms with Crippen LogP contribution >= 0.6 is 11.6 Å². The lowest BCUT2D eigenvalue weighted by molar-refractivity contribution is -0.135. The molecule has 3 rings (SSSR count). The Labute approximate surface area is 163 Å². The maximum absolute atomic E-state index is 12.0. The van der Waals surface area contributed by atoms with Gasteiger partial charge in [0.25, 0.3) is 0 Å². The summed E-state index contributed by atoms with van der Waals surface area (Å²) in [6.07, 6.45) is 0. The van der Waals surface area contributed by atoms with Gasteiger partial charge in [0.05, 0.1) is 6.54 Å². The van der Waals surface area contributed by atoms with Gasteiger partial charge in [-0.05, 0) is 42.3 Å². The maximum atomic E-state index is 12.0. The van der Waals surface area contributed by atoms with E-state index in [1.54, 1.807) is 12.1 Å². The fourth-order valence-corrected chi connectivity index (χ4v) is 3.07. The largest absolute Gasteiger partial charge is 0.334 e. The van der Waals surface area contributed by atoms with Crippen molar-refractivity contribution in [1.29, 1.82) is 0 Å². The van der Waals surface area contributed by atoms with Crippen molar-refractivity contribution in [3.63, 3.8) is 0 Å². The molecule has 3 N–H and O–H groups in total. The van der Waals surface area contributed by atoms with E-state index in [1.807, 2.05) is 48.2 Å². The second kappa shape index (κ2) is 8.88. The molecule has 1 aliphatic rings. The molecule has 3 amide bonds. The molecule has 7 heteroatoms. The topological polar surface area (TPSA) is 73.5 Å². The summed E-state index contributed by atoms with van der Waals surface area (Å²) in [7, 11) is 0. The summed E-state index contributed by atoms with van der Waals surface area (Å²) in [4.78, 5) is 25.9. The Kier molecular flexibility index (Phi) is 6.32. The van der Waals surface area contributed by atoms with Crippen LogP contribution in [0.2, 0.25) is 5.02 Å². The van der Waals surface area contributed by atoms with Gasteiger partial charge in [0.2, 0.25) is 5.91 Å². The Morgan fingerprint density at radius 3 is 2.48 bits per heavy atom. The second-order valence-corrected chi connectivity index (χ2v) is 7.07. The Hall–Kier alpha value is -2.57.